The molecule has 0 atom stereocenters. The second kappa shape index (κ2) is 3.63. The van der Waals surface area contributed by atoms with Crippen LogP contribution >= 0.6 is 0 Å². The Bertz CT molecular complexity index is 686. The Balaban J connectivity index is 2.18. The summed E-state index contributed by atoms with van der Waals surface area (Å²) in [5.41, 5.74) is 8.72. The Morgan fingerprint density at radius 1 is 1.12 bits per heavy atom. The summed E-state index contributed by atoms with van der Waals surface area (Å²) in [4.78, 5) is 3.97. The van der Waals surface area contributed by atoms with E-state index in [4.69, 9.17) is 10.2 Å². The van der Waals surface area contributed by atoms with Crippen molar-refractivity contribution in [3.8, 4) is 11.3 Å². The van der Waals surface area contributed by atoms with Crippen LogP contribution in [0.3, 0.4) is 0 Å². The van der Waals surface area contributed by atoms with Crippen molar-refractivity contribution >= 4 is 16.8 Å². The number of nitrogens with zero attached hydrogens (tertiary/aromatic N) is 1. The minimum absolute atomic E-state index is 0.499. The van der Waals surface area contributed by atoms with Gasteiger partial charge < -0.3 is 10.2 Å². The largest absolute Gasteiger partial charge is 0.456 e. The number of hydrogen-bond acceptors (Lipinski definition) is 3. The van der Waals surface area contributed by atoms with E-state index in [1.54, 1.807) is 6.20 Å². The van der Waals surface area contributed by atoms with Crippen LogP contribution in [0.15, 0.2) is 47.0 Å². The highest BCUT2D eigenvalue weighted by atomic mass is 16.3. The van der Waals surface area contributed by atoms with Gasteiger partial charge in [0.15, 0.2) is 0 Å². The summed E-state index contributed by atoms with van der Waals surface area (Å²) in [5.74, 6) is 1.32. The number of nitrogen functional groups attached to an aromatic ring is 1. The minimum atomic E-state index is 0.499. The van der Waals surface area contributed by atoms with Gasteiger partial charge in [-0.15, -0.1) is 0 Å². The molecule has 0 unspecified atom stereocenters. The predicted molar refractivity (Wildman–Crippen MR) is 68.6 cm³/mol. The maximum atomic E-state index is 5.78. The lowest BCUT2D eigenvalue weighted by molar-refractivity contribution is 0.631. The fourth-order valence-corrected chi connectivity index (χ4v) is 1.91. The van der Waals surface area contributed by atoms with Crippen molar-refractivity contribution in [3.05, 3.63) is 48.2 Å². The van der Waals surface area contributed by atoms with Gasteiger partial charge in [-0.05, 0) is 37.3 Å². The van der Waals surface area contributed by atoms with E-state index in [2.05, 4.69) is 18.0 Å². The lowest BCUT2D eigenvalue weighted by Gasteiger charge is -1.96. The Morgan fingerprint density at radius 3 is 2.82 bits per heavy atom. The quantitative estimate of drug-likeness (QED) is 0.689. The van der Waals surface area contributed by atoms with Crippen LogP contribution in [0.4, 0.5) is 5.82 Å². The Kier molecular flexibility index (Phi) is 2.11. The second-order valence-electron chi connectivity index (χ2n) is 4.12. The van der Waals surface area contributed by atoms with Crippen LogP contribution in [0.25, 0.3) is 22.3 Å². The third-order valence-corrected chi connectivity index (χ3v) is 2.74. The number of benzene rings is 1. The molecule has 17 heavy (non-hydrogen) atoms. The van der Waals surface area contributed by atoms with Gasteiger partial charge in [0, 0.05) is 17.1 Å². The average molecular weight is 224 g/mol. The molecule has 0 aliphatic heterocycles. The highest BCUT2D eigenvalue weighted by Crippen LogP contribution is 2.28. The smallest absolute Gasteiger partial charge is 0.135 e. The van der Waals surface area contributed by atoms with Crippen molar-refractivity contribution in [2.45, 2.75) is 6.92 Å². The van der Waals surface area contributed by atoms with Crippen molar-refractivity contribution in [3.63, 3.8) is 0 Å². The van der Waals surface area contributed by atoms with Crippen molar-refractivity contribution in [2.75, 3.05) is 5.73 Å². The molecule has 2 N–H and O–H groups in total. The molecular weight excluding hydrogens is 212 g/mol. The van der Waals surface area contributed by atoms with Gasteiger partial charge >= 0.3 is 0 Å². The van der Waals surface area contributed by atoms with Gasteiger partial charge in [-0.1, -0.05) is 11.6 Å². The van der Waals surface area contributed by atoms with Gasteiger partial charge in [-0.25, -0.2) is 4.98 Å². The number of anilines is 1. The van der Waals surface area contributed by atoms with Gasteiger partial charge in [-0.3, -0.25) is 0 Å². The number of aromatic nitrogens is 1. The van der Waals surface area contributed by atoms with E-state index in [0.29, 0.717) is 5.82 Å². The van der Waals surface area contributed by atoms with Crippen LogP contribution in [0, 0.1) is 6.92 Å². The lowest BCUT2D eigenvalue weighted by Crippen LogP contribution is -1.88. The van der Waals surface area contributed by atoms with Crippen LogP contribution in [-0.2, 0) is 0 Å². The number of rotatable bonds is 1. The molecule has 3 rings (SSSR count). The second-order valence-corrected chi connectivity index (χ2v) is 4.12. The standard InChI is InChI=1S/C14H12N2O/c1-9-2-3-12-11(6-9)7-13(17-12)10-4-5-16-14(15)8-10/h2-8H,1H3,(H2,15,16). The third-order valence-electron chi connectivity index (χ3n) is 2.74. The van der Waals surface area contributed by atoms with Crippen LogP contribution in [0.2, 0.25) is 0 Å². The first-order valence-corrected chi connectivity index (χ1v) is 5.44. The van der Waals surface area contributed by atoms with Crippen molar-refractivity contribution in [2.24, 2.45) is 0 Å². The zero-order chi connectivity index (χ0) is 11.8. The van der Waals surface area contributed by atoms with E-state index in [1.807, 2.05) is 30.3 Å². The molecule has 2 heterocycles. The molecule has 0 aliphatic rings. The fourth-order valence-electron chi connectivity index (χ4n) is 1.91. The van der Waals surface area contributed by atoms with Gasteiger partial charge in [0.1, 0.15) is 17.2 Å². The zero-order valence-electron chi connectivity index (χ0n) is 9.47. The lowest BCUT2D eigenvalue weighted by atomic mass is 10.1. The molecule has 0 fully saturated rings. The minimum Gasteiger partial charge on any atom is -0.456 e. The molecule has 0 saturated heterocycles. The molecule has 0 aliphatic carbocycles. The number of fused-ring (bicyclic) bond motifs is 1. The first-order valence-electron chi connectivity index (χ1n) is 5.44. The maximum absolute atomic E-state index is 5.78. The van der Waals surface area contributed by atoms with Crippen LogP contribution in [0.5, 0.6) is 0 Å². The van der Waals surface area contributed by atoms with Gasteiger partial charge in [-0.2, -0.15) is 0 Å². The van der Waals surface area contributed by atoms with Crippen molar-refractivity contribution < 1.29 is 4.42 Å². The summed E-state index contributed by atoms with van der Waals surface area (Å²) >= 11 is 0. The molecule has 0 saturated carbocycles. The van der Waals surface area contributed by atoms with Crippen LogP contribution in [0.1, 0.15) is 5.56 Å². The topological polar surface area (TPSA) is 52.0 Å². The van der Waals surface area contributed by atoms with Gasteiger partial charge in [0.2, 0.25) is 0 Å². The predicted octanol–water partition coefficient (Wildman–Crippen LogP) is 3.39. The van der Waals surface area contributed by atoms with Crippen LogP contribution < -0.4 is 5.73 Å². The van der Waals surface area contributed by atoms with Crippen molar-refractivity contribution in [1.82, 2.24) is 4.98 Å². The Morgan fingerprint density at radius 2 is 2.00 bits per heavy atom. The summed E-state index contributed by atoms with van der Waals surface area (Å²) in [5, 5.41) is 1.11. The molecule has 0 radical (unpaired) electrons. The normalized spacial score (nSPS) is 10.9. The van der Waals surface area contributed by atoms with Crippen LogP contribution in [-0.4, -0.2) is 4.98 Å². The summed E-state index contributed by atoms with van der Waals surface area (Å²) in [6.45, 7) is 2.07. The monoisotopic (exact) mass is 224 g/mol. The summed E-state index contributed by atoms with van der Waals surface area (Å²) in [6, 6.07) is 11.9. The van der Waals surface area contributed by atoms with E-state index in [9.17, 15) is 0 Å². The molecule has 0 bridgehead atoms. The molecule has 0 amide bonds. The molecular formula is C14H12N2O. The first kappa shape index (κ1) is 9.90. The van der Waals surface area contributed by atoms with Crippen molar-refractivity contribution in [1.29, 1.82) is 0 Å². The highest BCUT2D eigenvalue weighted by molar-refractivity contribution is 5.83. The Labute approximate surface area is 98.9 Å². The number of aryl methyl sites for hydroxylation is 1. The van der Waals surface area contributed by atoms with E-state index in [0.717, 1.165) is 22.3 Å². The molecule has 1 aromatic carbocycles. The number of hydrogen-bond donors (Lipinski definition) is 1. The summed E-state index contributed by atoms with van der Waals surface area (Å²) in [7, 11) is 0. The van der Waals surface area contributed by atoms with Gasteiger partial charge in [0.25, 0.3) is 0 Å². The number of pyridine rings is 1. The zero-order valence-corrected chi connectivity index (χ0v) is 9.47. The molecule has 3 heteroatoms. The van der Waals surface area contributed by atoms with E-state index < -0.39 is 0 Å². The van der Waals surface area contributed by atoms with E-state index >= 15 is 0 Å². The van der Waals surface area contributed by atoms with E-state index in [1.165, 1.54) is 5.56 Å². The number of nitrogens with two attached hydrogens (primary N) is 1. The average Bonchev–Trinajstić information content (AvgIpc) is 2.72. The molecule has 3 aromatic rings. The maximum Gasteiger partial charge on any atom is 0.135 e. The molecule has 0 spiro atoms. The van der Waals surface area contributed by atoms with Gasteiger partial charge in [0.05, 0.1) is 0 Å². The summed E-state index contributed by atoms with van der Waals surface area (Å²) in [6.07, 6.45) is 1.68. The highest BCUT2D eigenvalue weighted by Gasteiger charge is 2.06. The summed E-state index contributed by atoms with van der Waals surface area (Å²) < 4.78 is 5.78. The first-order chi connectivity index (χ1) is 8.22. The Hall–Kier alpha value is -2.29. The SMILES string of the molecule is Cc1ccc2oc(-c3ccnc(N)c3)cc2c1. The molecule has 3 nitrogen and oxygen atoms in total. The molecule has 2 aromatic heterocycles. The third kappa shape index (κ3) is 1.76. The number of furan rings is 1. The fraction of sp³-hybridized carbons (Fsp3) is 0.0714. The molecule has 84 valence electrons. The van der Waals surface area contributed by atoms with E-state index in [-0.39, 0.29) is 0 Å².